The maximum Gasteiger partial charge on any atom is 0.268 e. The first-order valence-corrected chi connectivity index (χ1v) is 9.07. The number of nitrogens with one attached hydrogen (secondary N) is 1. The summed E-state index contributed by atoms with van der Waals surface area (Å²) in [6, 6.07) is 14.0. The van der Waals surface area contributed by atoms with Gasteiger partial charge in [-0.3, -0.25) is 4.79 Å². The van der Waals surface area contributed by atoms with E-state index >= 15 is 0 Å². The van der Waals surface area contributed by atoms with Gasteiger partial charge in [-0.25, -0.2) is 0 Å². The lowest BCUT2D eigenvalue weighted by Gasteiger charge is -2.10. The van der Waals surface area contributed by atoms with Gasteiger partial charge in [-0.15, -0.1) is 0 Å². The molecular weight excluding hydrogens is 332 g/mol. The summed E-state index contributed by atoms with van der Waals surface area (Å²) in [5, 5.41) is 4.84. The third-order valence-corrected chi connectivity index (χ3v) is 5.09. The zero-order valence-corrected chi connectivity index (χ0v) is 15.7. The number of aryl methyl sites for hydroxylation is 3. The molecule has 0 aliphatic rings. The van der Waals surface area contributed by atoms with Crippen LogP contribution in [-0.2, 0) is 19.5 Å². The Morgan fingerprint density at radius 1 is 1.16 bits per heavy atom. The van der Waals surface area contributed by atoms with Crippen molar-refractivity contribution in [2.75, 3.05) is 0 Å². The van der Waals surface area contributed by atoms with Crippen LogP contribution in [0.3, 0.4) is 0 Å². The predicted molar refractivity (Wildman–Crippen MR) is 104 cm³/mol. The van der Waals surface area contributed by atoms with Crippen molar-refractivity contribution in [3.05, 3.63) is 69.9 Å². The molecule has 4 heteroatoms. The first-order valence-electron chi connectivity index (χ1n) is 8.70. The van der Waals surface area contributed by atoms with E-state index in [1.54, 1.807) is 0 Å². The maximum atomic E-state index is 12.9. The first-order chi connectivity index (χ1) is 12.1. The fourth-order valence-electron chi connectivity index (χ4n) is 3.31. The van der Waals surface area contributed by atoms with Gasteiger partial charge in [0.05, 0.1) is 0 Å². The average Bonchev–Trinajstić information content (AvgIpc) is 2.92. The number of aromatic nitrogens is 1. The van der Waals surface area contributed by atoms with Gasteiger partial charge in [0, 0.05) is 29.0 Å². The molecule has 3 aromatic rings. The van der Waals surface area contributed by atoms with Gasteiger partial charge >= 0.3 is 0 Å². The smallest absolute Gasteiger partial charge is 0.268 e. The van der Waals surface area contributed by atoms with Crippen LogP contribution in [0.2, 0.25) is 5.02 Å². The first kappa shape index (κ1) is 17.6. The highest BCUT2D eigenvalue weighted by atomic mass is 35.5. The van der Waals surface area contributed by atoms with Crippen LogP contribution < -0.4 is 5.32 Å². The molecule has 130 valence electrons. The second-order valence-corrected chi connectivity index (χ2v) is 6.60. The predicted octanol–water partition coefficient (Wildman–Crippen LogP) is 5.12. The van der Waals surface area contributed by atoms with Gasteiger partial charge in [-0.2, -0.15) is 0 Å². The normalized spacial score (nSPS) is 11.0. The van der Waals surface area contributed by atoms with Crippen molar-refractivity contribution in [2.45, 2.75) is 40.3 Å². The molecule has 0 radical (unpaired) electrons. The Hall–Kier alpha value is -2.26. The molecule has 25 heavy (non-hydrogen) atoms. The molecule has 0 unspecified atom stereocenters. The minimum Gasteiger partial charge on any atom is -0.347 e. The monoisotopic (exact) mass is 354 g/mol. The number of hydrogen-bond acceptors (Lipinski definition) is 1. The van der Waals surface area contributed by atoms with Gasteiger partial charge in [0.25, 0.3) is 5.91 Å². The van der Waals surface area contributed by atoms with Crippen LogP contribution in [0.25, 0.3) is 10.9 Å². The number of carbonyl (C=O) groups excluding carboxylic acids is 1. The highest BCUT2D eigenvalue weighted by Crippen LogP contribution is 2.27. The molecule has 1 aromatic heterocycles. The lowest BCUT2D eigenvalue weighted by atomic mass is 10.1. The van der Waals surface area contributed by atoms with E-state index in [0.29, 0.717) is 11.6 Å². The third kappa shape index (κ3) is 3.29. The zero-order chi connectivity index (χ0) is 18.0. The van der Waals surface area contributed by atoms with E-state index in [0.717, 1.165) is 40.7 Å². The zero-order valence-electron chi connectivity index (χ0n) is 14.9. The summed E-state index contributed by atoms with van der Waals surface area (Å²) < 4.78 is 2.09. The minimum absolute atomic E-state index is 0.0616. The van der Waals surface area contributed by atoms with Gasteiger partial charge in [0.2, 0.25) is 0 Å². The van der Waals surface area contributed by atoms with Crippen LogP contribution in [0.15, 0.2) is 42.5 Å². The molecule has 3 rings (SSSR count). The second-order valence-electron chi connectivity index (χ2n) is 6.20. The summed E-state index contributed by atoms with van der Waals surface area (Å²) in [7, 11) is 0. The van der Waals surface area contributed by atoms with Crippen LogP contribution in [0, 0.1) is 6.92 Å². The number of carbonyl (C=O) groups is 1. The van der Waals surface area contributed by atoms with Crippen molar-refractivity contribution < 1.29 is 4.79 Å². The SMILES string of the molecule is CCc1ccc2c(c1)c(C)c(C(=O)NCc1ccccc1Cl)n2CC. The van der Waals surface area contributed by atoms with Crippen molar-refractivity contribution in [2.24, 2.45) is 0 Å². The van der Waals surface area contributed by atoms with Crippen LogP contribution in [0.4, 0.5) is 0 Å². The summed E-state index contributed by atoms with van der Waals surface area (Å²) in [5.41, 5.74) is 5.08. The molecule has 0 bridgehead atoms. The molecule has 0 saturated heterocycles. The number of amides is 1. The number of hydrogen-bond donors (Lipinski definition) is 1. The molecular formula is C21H23ClN2O. The van der Waals surface area contributed by atoms with E-state index in [4.69, 9.17) is 11.6 Å². The molecule has 1 N–H and O–H groups in total. The van der Waals surface area contributed by atoms with Crippen LogP contribution in [0.1, 0.15) is 41.0 Å². The Kier molecular flexibility index (Phi) is 5.14. The number of nitrogens with zero attached hydrogens (tertiary/aromatic N) is 1. The van der Waals surface area contributed by atoms with Crippen molar-refractivity contribution in [1.82, 2.24) is 9.88 Å². The van der Waals surface area contributed by atoms with Crippen molar-refractivity contribution in [3.8, 4) is 0 Å². The number of benzene rings is 2. The van der Waals surface area contributed by atoms with E-state index in [9.17, 15) is 4.79 Å². The van der Waals surface area contributed by atoms with E-state index in [-0.39, 0.29) is 5.91 Å². The molecule has 0 saturated carbocycles. The van der Waals surface area contributed by atoms with Crippen molar-refractivity contribution in [3.63, 3.8) is 0 Å². The van der Waals surface area contributed by atoms with Gasteiger partial charge in [-0.05, 0) is 55.2 Å². The minimum atomic E-state index is -0.0616. The lowest BCUT2D eigenvalue weighted by Crippen LogP contribution is -2.26. The topological polar surface area (TPSA) is 34.0 Å². The van der Waals surface area contributed by atoms with E-state index in [1.807, 2.05) is 31.2 Å². The van der Waals surface area contributed by atoms with Crippen molar-refractivity contribution >= 4 is 28.4 Å². The number of rotatable bonds is 5. The Morgan fingerprint density at radius 3 is 2.60 bits per heavy atom. The highest BCUT2D eigenvalue weighted by molar-refractivity contribution is 6.31. The molecule has 0 aliphatic heterocycles. The molecule has 0 spiro atoms. The molecule has 1 heterocycles. The van der Waals surface area contributed by atoms with Gasteiger partial charge in [-0.1, -0.05) is 42.8 Å². The highest BCUT2D eigenvalue weighted by Gasteiger charge is 2.19. The standard InChI is InChI=1S/C21H23ClN2O/c1-4-15-10-11-19-17(12-15)14(3)20(24(19)5-2)21(25)23-13-16-8-6-7-9-18(16)22/h6-12H,4-5,13H2,1-3H3,(H,23,25). The van der Waals surface area contributed by atoms with Crippen molar-refractivity contribution in [1.29, 1.82) is 0 Å². The number of halogens is 1. The van der Waals surface area contributed by atoms with Crippen LogP contribution in [-0.4, -0.2) is 10.5 Å². The Labute approximate surface area is 153 Å². The fourth-order valence-corrected chi connectivity index (χ4v) is 3.51. The van der Waals surface area contributed by atoms with E-state index < -0.39 is 0 Å². The van der Waals surface area contributed by atoms with Crippen LogP contribution >= 0.6 is 11.6 Å². The Balaban J connectivity index is 1.95. The van der Waals surface area contributed by atoms with Crippen LogP contribution in [0.5, 0.6) is 0 Å². The largest absolute Gasteiger partial charge is 0.347 e. The average molecular weight is 355 g/mol. The molecule has 1 amide bonds. The maximum absolute atomic E-state index is 12.9. The second kappa shape index (κ2) is 7.32. The summed E-state index contributed by atoms with van der Waals surface area (Å²) in [6.45, 7) is 7.41. The third-order valence-electron chi connectivity index (χ3n) is 4.72. The lowest BCUT2D eigenvalue weighted by molar-refractivity contribution is 0.0941. The van der Waals surface area contributed by atoms with Gasteiger partial charge < -0.3 is 9.88 Å². The summed E-state index contributed by atoms with van der Waals surface area (Å²) in [5.74, 6) is -0.0616. The summed E-state index contributed by atoms with van der Waals surface area (Å²) >= 11 is 6.18. The Bertz CT molecular complexity index is 927. The molecule has 3 nitrogen and oxygen atoms in total. The van der Waals surface area contributed by atoms with E-state index in [2.05, 4.69) is 41.9 Å². The summed E-state index contributed by atoms with van der Waals surface area (Å²) in [6.07, 6.45) is 0.987. The molecule has 0 aliphatic carbocycles. The molecule has 0 atom stereocenters. The van der Waals surface area contributed by atoms with E-state index in [1.165, 1.54) is 5.56 Å². The van der Waals surface area contributed by atoms with Gasteiger partial charge in [0.15, 0.2) is 0 Å². The Morgan fingerprint density at radius 2 is 1.92 bits per heavy atom. The summed E-state index contributed by atoms with van der Waals surface area (Å²) in [4.78, 5) is 12.9. The quantitative estimate of drug-likeness (QED) is 0.678. The fraction of sp³-hybridized carbons (Fsp3) is 0.286. The molecule has 2 aromatic carbocycles. The number of fused-ring (bicyclic) bond motifs is 1. The molecule has 0 fully saturated rings. The van der Waals surface area contributed by atoms with Gasteiger partial charge in [0.1, 0.15) is 5.69 Å².